The second kappa shape index (κ2) is 8.79. The van der Waals surface area contributed by atoms with Crippen molar-refractivity contribution >= 4 is 0 Å². The van der Waals surface area contributed by atoms with Gasteiger partial charge in [0.15, 0.2) is 0 Å². The van der Waals surface area contributed by atoms with E-state index in [0.29, 0.717) is 18.6 Å². The molecule has 0 unspecified atom stereocenters. The molecule has 31 heavy (non-hydrogen) atoms. The van der Waals surface area contributed by atoms with Gasteiger partial charge in [-0.3, -0.25) is 14.8 Å². The van der Waals surface area contributed by atoms with Crippen LogP contribution in [-0.4, -0.2) is 47.6 Å². The molecule has 0 amide bonds. The summed E-state index contributed by atoms with van der Waals surface area (Å²) < 4.78 is 43.7. The number of methoxy groups -OCH3 is 1. The van der Waals surface area contributed by atoms with Gasteiger partial charge in [-0.15, -0.1) is 0 Å². The van der Waals surface area contributed by atoms with Crippen LogP contribution in [0.5, 0.6) is 5.75 Å². The molecule has 2 aliphatic rings. The molecule has 2 fully saturated rings. The summed E-state index contributed by atoms with van der Waals surface area (Å²) in [5, 5.41) is 0. The van der Waals surface area contributed by atoms with Crippen molar-refractivity contribution in [2.24, 2.45) is 0 Å². The van der Waals surface area contributed by atoms with E-state index in [4.69, 9.17) is 4.74 Å². The summed E-state index contributed by atoms with van der Waals surface area (Å²) in [5.74, 6) is 0.934. The van der Waals surface area contributed by atoms with Crippen LogP contribution in [0, 0.1) is 13.8 Å². The number of hydrogen-bond acceptors (Lipinski definition) is 4. The van der Waals surface area contributed by atoms with Gasteiger partial charge >= 0.3 is 6.18 Å². The van der Waals surface area contributed by atoms with Crippen LogP contribution in [0.2, 0.25) is 0 Å². The molecule has 0 saturated carbocycles. The molecule has 7 heteroatoms. The maximum absolute atomic E-state index is 12.8. The van der Waals surface area contributed by atoms with E-state index in [1.807, 2.05) is 0 Å². The predicted molar refractivity (Wildman–Crippen MR) is 114 cm³/mol. The SMILES string of the molecule is COc1ccc([C@H]2CCC[C@H]3CN(Cc4ccc(C(F)(F)F)nc4)CCN32)c(C)c1C. The highest BCUT2D eigenvalue weighted by molar-refractivity contribution is 5.45. The number of piperidine rings is 1. The Bertz CT molecular complexity index is 914. The number of aromatic nitrogens is 1. The van der Waals surface area contributed by atoms with Gasteiger partial charge in [0, 0.05) is 44.5 Å². The number of fused-ring (bicyclic) bond motifs is 1. The van der Waals surface area contributed by atoms with Crippen molar-refractivity contribution in [2.45, 2.75) is 57.9 Å². The minimum absolute atomic E-state index is 0.415. The molecule has 0 bridgehead atoms. The minimum atomic E-state index is -4.39. The van der Waals surface area contributed by atoms with Crippen LogP contribution < -0.4 is 4.74 Å². The number of halogens is 3. The fourth-order valence-electron chi connectivity index (χ4n) is 5.13. The van der Waals surface area contributed by atoms with Crippen molar-refractivity contribution in [3.8, 4) is 5.75 Å². The van der Waals surface area contributed by atoms with E-state index in [9.17, 15) is 13.2 Å². The summed E-state index contributed by atoms with van der Waals surface area (Å²) in [7, 11) is 1.71. The fourth-order valence-corrected chi connectivity index (χ4v) is 5.13. The van der Waals surface area contributed by atoms with Gasteiger partial charge < -0.3 is 4.74 Å². The highest BCUT2D eigenvalue weighted by atomic mass is 19.4. The van der Waals surface area contributed by atoms with E-state index in [2.05, 4.69) is 40.8 Å². The molecule has 1 aromatic carbocycles. The Balaban J connectivity index is 1.44. The summed E-state index contributed by atoms with van der Waals surface area (Å²) in [6.07, 6.45) is 0.478. The van der Waals surface area contributed by atoms with E-state index in [0.717, 1.165) is 49.9 Å². The quantitative estimate of drug-likeness (QED) is 0.668. The Kier molecular flexibility index (Phi) is 6.26. The molecule has 168 valence electrons. The number of pyridine rings is 1. The van der Waals surface area contributed by atoms with Crippen LogP contribution in [-0.2, 0) is 12.7 Å². The monoisotopic (exact) mass is 433 g/mol. The zero-order chi connectivity index (χ0) is 22.2. The van der Waals surface area contributed by atoms with Gasteiger partial charge in [0.1, 0.15) is 11.4 Å². The molecule has 0 N–H and O–H groups in total. The summed E-state index contributed by atoms with van der Waals surface area (Å²) >= 11 is 0. The maximum atomic E-state index is 12.8. The zero-order valence-electron chi connectivity index (χ0n) is 18.4. The Hall–Kier alpha value is -2.12. The van der Waals surface area contributed by atoms with Gasteiger partial charge in [0.05, 0.1) is 7.11 Å². The second-order valence-corrected chi connectivity index (χ2v) is 8.73. The van der Waals surface area contributed by atoms with Gasteiger partial charge in [-0.2, -0.15) is 13.2 Å². The molecule has 0 spiro atoms. The number of piperazine rings is 1. The number of hydrogen-bond donors (Lipinski definition) is 0. The Labute approximate surface area is 182 Å². The van der Waals surface area contributed by atoms with Crippen LogP contribution in [0.3, 0.4) is 0 Å². The molecular weight excluding hydrogens is 403 g/mol. The third-order valence-corrected chi connectivity index (χ3v) is 6.91. The smallest absolute Gasteiger partial charge is 0.433 e. The molecule has 0 aliphatic carbocycles. The molecule has 2 aliphatic heterocycles. The normalized spacial score (nSPS) is 22.9. The van der Waals surface area contributed by atoms with Crippen LogP contribution in [0.1, 0.15) is 53.3 Å². The first-order valence-corrected chi connectivity index (χ1v) is 10.9. The average Bonchev–Trinajstić information content (AvgIpc) is 2.75. The van der Waals surface area contributed by atoms with Gasteiger partial charge in [-0.05, 0) is 67.5 Å². The number of rotatable bonds is 4. The second-order valence-electron chi connectivity index (χ2n) is 8.73. The van der Waals surface area contributed by atoms with Crippen LogP contribution in [0.25, 0.3) is 0 Å². The lowest BCUT2D eigenvalue weighted by Crippen LogP contribution is -2.55. The first-order chi connectivity index (χ1) is 14.8. The van der Waals surface area contributed by atoms with Gasteiger partial charge in [-0.1, -0.05) is 12.1 Å². The lowest BCUT2D eigenvalue weighted by molar-refractivity contribution is -0.141. The number of ether oxygens (including phenoxy) is 1. The highest BCUT2D eigenvalue weighted by Gasteiger charge is 2.36. The third-order valence-electron chi connectivity index (χ3n) is 6.91. The predicted octanol–water partition coefficient (Wildman–Crippen LogP) is 5.14. The summed E-state index contributed by atoms with van der Waals surface area (Å²) in [5.41, 5.74) is 3.90. The van der Waals surface area contributed by atoms with Crippen LogP contribution in [0.15, 0.2) is 30.5 Å². The molecule has 1 aromatic heterocycles. The summed E-state index contributed by atoms with van der Waals surface area (Å²) in [6, 6.07) is 7.81. The zero-order valence-corrected chi connectivity index (χ0v) is 18.4. The Morgan fingerprint density at radius 3 is 2.55 bits per heavy atom. The van der Waals surface area contributed by atoms with Gasteiger partial charge in [0.25, 0.3) is 0 Å². The first kappa shape index (κ1) is 22.1. The molecule has 4 nitrogen and oxygen atoms in total. The lowest BCUT2D eigenvalue weighted by Gasteiger charge is -2.49. The minimum Gasteiger partial charge on any atom is -0.496 e. The molecule has 3 heterocycles. The lowest BCUT2D eigenvalue weighted by atomic mass is 9.86. The third kappa shape index (κ3) is 4.58. The largest absolute Gasteiger partial charge is 0.496 e. The molecule has 2 aromatic rings. The molecular formula is C24H30F3N3O. The summed E-state index contributed by atoms with van der Waals surface area (Å²) in [6.45, 7) is 7.75. The van der Waals surface area contributed by atoms with Crippen molar-refractivity contribution in [3.63, 3.8) is 0 Å². The Morgan fingerprint density at radius 2 is 1.87 bits per heavy atom. The van der Waals surface area contributed by atoms with Gasteiger partial charge in [-0.25, -0.2) is 0 Å². The number of nitrogens with zero attached hydrogens (tertiary/aromatic N) is 3. The standard InChI is InChI=1S/C24H30F3N3O/c1-16-17(2)22(31-3)9-8-20(16)21-6-4-5-19-15-29(11-12-30(19)21)14-18-7-10-23(28-13-18)24(25,26)27/h7-10,13,19,21H,4-6,11-12,14-15H2,1-3H3/t19-,21+/m0/s1. The Morgan fingerprint density at radius 1 is 1.06 bits per heavy atom. The first-order valence-electron chi connectivity index (χ1n) is 10.9. The maximum Gasteiger partial charge on any atom is 0.433 e. The fraction of sp³-hybridized carbons (Fsp3) is 0.542. The molecule has 2 atom stereocenters. The van der Waals surface area contributed by atoms with Gasteiger partial charge in [0.2, 0.25) is 0 Å². The van der Waals surface area contributed by atoms with Crippen molar-refractivity contribution in [3.05, 3.63) is 58.4 Å². The highest BCUT2D eigenvalue weighted by Crippen LogP contribution is 2.39. The van der Waals surface area contributed by atoms with Crippen molar-refractivity contribution in [2.75, 3.05) is 26.7 Å². The van der Waals surface area contributed by atoms with Crippen molar-refractivity contribution < 1.29 is 17.9 Å². The van der Waals surface area contributed by atoms with Crippen molar-refractivity contribution in [1.82, 2.24) is 14.8 Å². The van der Waals surface area contributed by atoms with Crippen molar-refractivity contribution in [1.29, 1.82) is 0 Å². The van der Waals surface area contributed by atoms with E-state index >= 15 is 0 Å². The van der Waals surface area contributed by atoms with E-state index in [-0.39, 0.29) is 0 Å². The van der Waals surface area contributed by atoms with Crippen LogP contribution >= 0.6 is 0 Å². The van der Waals surface area contributed by atoms with Crippen LogP contribution in [0.4, 0.5) is 13.2 Å². The van der Waals surface area contributed by atoms with E-state index < -0.39 is 11.9 Å². The molecule has 2 saturated heterocycles. The van der Waals surface area contributed by atoms with E-state index in [1.54, 1.807) is 13.2 Å². The average molecular weight is 434 g/mol. The number of alkyl halides is 3. The topological polar surface area (TPSA) is 28.6 Å². The van der Waals surface area contributed by atoms with E-state index in [1.165, 1.54) is 29.3 Å². The molecule has 4 rings (SSSR count). The number of benzene rings is 1. The molecule has 0 radical (unpaired) electrons. The summed E-state index contributed by atoms with van der Waals surface area (Å²) in [4.78, 5) is 8.59.